The quantitative estimate of drug-likeness (QED) is 0.869. The van der Waals surface area contributed by atoms with Crippen LogP contribution in [0.2, 0.25) is 0 Å². The zero-order valence-corrected chi connectivity index (χ0v) is 11.0. The number of carboxylic acid groups (broad SMARTS) is 1. The topological polar surface area (TPSA) is 49.3 Å². The largest absolute Gasteiger partial charge is 0.478 e. The monoisotopic (exact) mass is 285 g/mol. The van der Waals surface area contributed by atoms with Crippen LogP contribution in [0.15, 0.2) is 22.7 Å². The normalized spacial score (nSPS) is 10.5. The summed E-state index contributed by atoms with van der Waals surface area (Å²) in [4.78, 5) is 10.8. The van der Waals surface area contributed by atoms with Crippen molar-refractivity contribution in [2.45, 2.75) is 20.3 Å². The van der Waals surface area contributed by atoms with E-state index in [2.05, 4.69) is 35.1 Å². The first-order valence-electron chi connectivity index (χ1n) is 5.27. The molecule has 0 saturated carbocycles. The van der Waals surface area contributed by atoms with E-state index in [1.165, 1.54) is 0 Å². The van der Waals surface area contributed by atoms with Crippen molar-refractivity contribution in [3.63, 3.8) is 0 Å². The lowest BCUT2D eigenvalue weighted by atomic mass is 10.1. The lowest BCUT2D eigenvalue weighted by Crippen LogP contribution is -2.05. The second-order valence-corrected chi connectivity index (χ2v) is 4.96. The van der Waals surface area contributed by atoms with E-state index in [1.54, 1.807) is 18.2 Å². The predicted molar refractivity (Wildman–Crippen MR) is 69.0 cm³/mol. The molecule has 1 rings (SSSR count). The molecular formula is C12H16BrNO2. The van der Waals surface area contributed by atoms with Gasteiger partial charge >= 0.3 is 5.97 Å². The van der Waals surface area contributed by atoms with Crippen LogP contribution in [0.3, 0.4) is 0 Å². The molecule has 0 heterocycles. The summed E-state index contributed by atoms with van der Waals surface area (Å²) in [7, 11) is 0. The first-order valence-corrected chi connectivity index (χ1v) is 6.06. The summed E-state index contributed by atoms with van der Waals surface area (Å²) in [5.41, 5.74) is 1.23. The Hall–Kier alpha value is -1.03. The van der Waals surface area contributed by atoms with Gasteiger partial charge in [-0.05, 0) is 46.5 Å². The van der Waals surface area contributed by atoms with Crippen LogP contribution < -0.4 is 5.32 Å². The first kappa shape index (κ1) is 13.0. The maximum Gasteiger partial charge on any atom is 0.336 e. The van der Waals surface area contributed by atoms with Crippen molar-refractivity contribution in [3.8, 4) is 0 Å². The zero-order valence-electron chi connectivity index (χ0n) is 9.46. The molecule has 88 valence electrons. The number of benzene rings is 1. The number of carbonyl (C=O) groups is 1. The fraction of sp³-hybridized carbons (Fsp3) is 0.417. The van der Waals surface area contributed by atoms with Gasteiger partial charge in [-0.1, -0.05) is 13.8 Å². The van der Waals surface area contributed by atoms with Crippen LogP contribution in [-0.4, -0.2) is 17.6 Å². The van der Waals surface area contributed by atoms with E-state index in [0.29, 0.717) is 10.4 Å². The van der Waals surface area contributed by atoms with Crippen LogP contribution >= 0.6 is 15.9 Å². The standard InChI is InChI=1S/C12H16BrNO2/c1-8(2)5-6-14-9-3-4-10(12(15)16)11(13)7-9/h3-4,7-8,14H,5-6H2,1-2H3,(H,15,16). The molecule has 0 amide bonds. The third-order valence-corrected chi connectivity index (χ3v) is 2.91. The van der Waals surface area contributed by atoms with Crippen molar-refractivity contribution in [1.29, 1.82) is 0 Å². The second-order valence-electron chi connectivity index (χ2n) is 4.11. The lowest BCUT2D eigenvalue weighted by molar-refractivity contribution is 0.0696. The highest BCUT2D eigenvalue weighted by Gasteiger charge is 2.08. The third-order valence-electron chi connectivity index (χ3n) is 2.25. The number of rotatable bonds is 5. The minimum Gasteiger partial charge on any atom is -0.478 e. The maximum absolute atomic E-state index is 10.8. The molecule has 0 saturated heterocycles. The van der Waals surface area contributed by atoms with Crippen LogP contribution in [0.4, 0.5) is 5.69 Å². The van der Waals surface area contributed by atoms with Gasteiger partial charge in [-0.2, -0.15) is 0 Å². The number of aromatic carboxylic acids is 1. The van der Waals surface area contributed by atoms with Gasteiger partial charge in [-0.15, -0.1) is 0 Å². The fourth-order valence-electron chi connectivity index (χ4n) is 1.30. The number of halogens is 1. The van der Waals surface area contributed by atoms with Gasteiger partial charge in [0, 0.05) is 16.7 Å². The molecule has 0 aliphatic heterocycles. The van der Waals surface area contributed by atoms with Crippen LogP contribution in [0, 0.1) is 5.92 Å². The first-order chi connectivity index (χ1) is 7.50. The summed E-state index contributed by atoms with van der Waals surface area (Å²) in [6.07, 6.45) is 1.10. The van der Waals surface area contributed by atoms with Gasteiger partial charge in [-0.25, -0.2) is 4.79 Å². The molecule has 0 fully saturated rings. The number of hydrogen-bond acceptors (Lipinski definition) is 2. The Morgan fingerprint density at radius 2 is 2.19 bits per heavy atom. The minimum atomic E-state index is -0.916. The van der Waals surface area contributed by atoms with Gasteiger partial charge in [0.2, 0.25) is 0 Å². The van der Waals surface area contributed by atoms with Crippen molar-refractivity contribution in [1.82, 2.24) is 0 Å². The summed E-state index contributed by atoms with van der Waals surface area (Å²) < 4.78 is 0.606. The Morgan fingerprint density at radius 1 is 1.50 bits per heavy atom. The highest BCUT2D eigenvalue weighted by molar-refractivity contribution is 9.10. The lowest BCUT2D eigenvalue weighted by Gasteiger charge is -2.09. The van der Waals surface area contributed by atoms with Gasteiger partial charge < -0.3 is 10.4 Å². The predicted octanol–water partition coefficient (Wildman–Crippen LogP) is 3.61. The van der Waals surface area contributed by atoms with Gasteiger partial charge in [0.1, 0.15) is 0 Å². The van der Waals surface area contributed by atoms with E-state index in [4.69, 9.17) is 5.11 Å². The van der Waals surface area contributed by atoms with E-state index >= 15 is 0 Å². The van der Waals surface area contributed by atoms with Crippen molar-refractivity contribution in [3.05, 3.63) is 28.2 Å². The maximum atomic E-state index is 10.8. The number of hydrogen-bond donors (Lipinski definition) is 2. The van der Waals surface area contributed by atoms with Crippen molar-refractivity contribution in [2.75, 3.05) is 11.9 Å². The average Bonchev–Trinajstić information content (AvgIpc) is 2.16. The molecular weight excluding hydrogens is 270 g/mol. The van der Waals surface area contributed by atoms with Gasteiger partial charge in [-0.3, -0.25) is 0 Å². The number of nitrogens with one attached hydrogen (secondary N) is 1. The molecule has 0 aliphatic carbocycles. The van der Waals surface area contributed by atoms with E-state index in [0.717, 1.165) is 18.7 Å². The Morgan fingerprint density at radius 3 is 2.69 bits per heavy atom. The molecule has 3 nitrogen and oxygen atoms in total. The Bertz CT molecular complexity index is 377. The Kier molecular flexibility index (Phi) is 4.80. The highest BCUT2D eigenvalue weighted by atomic mass is 79.9. The van der Waals surface area contributed by atoms with E-state index in [-0.39, 0.29) is 5.56 Å². The SMILES string of the molecule is CC(C)CCNc1ccc(C(=O)O)c(Br)c1. The van der Waals surface area contributed by atoms with E-state index in [9.17, 15) is 4.79 Å². The molecule has 0 atom stereocenters. The van der Waals surface area contributed by atoms with E-state index < -0.39 is 5.97 Å². The third kappa shape index (κ3) is 3.85. The van der Waals surface area contributed by atoms with Crippen LogP contribution in [0.25, 0.3) is 0 Å². The van der Waals surface area contributed by atoms with Crippen LogP contribution in [0.5, 0.6) is 0 Å². The van der Waals surface area contributed by atoms with Crippen LogP contribution in [0.1, 0.15) is 30.6 Å². The summed E-state index contributed by atoms with van der Waals surface area (Å²) in [5, 5.41) is 12.1. The highest BCUT2D eigenvalue weighted by Crippen LogP contribution is 2.21. The van der Waals surface area contributed by atoms with Crippen molar-refractivity contribution < 1.29 is 9.90 Å². The molecule has 4 heteroatoms. The smallest absolute Gasteiger partial charge is 0.336 e. The van der Waals surface area contributed by atoms with Gasteiger partial charge in [0.25, 0.3) is 0 Å². The molecule has 1 aromatic rings. The minimum absolute atomic E-state index is 0.286. The summed E-state index contributed by atoms with van der Waals surface area (Å²) in [5.74, 6) is -0.255. The summed E-state index contributed by atoms with van der Waals surface area (Å²) >= 11 is 3.25. The molecule has 0 aromatic heterocycles. The average molecular weight is 286 g/mol. The van der Waals surface area contributed by atoms with Gasteiger partial charge in [0.05, 0.1) is 5.56 Å². The molecule has 16 heavy (non-hydrogen) atoms. The summed E-state index contributed by atoms with van der Waals surface area (Å²) in [6, 6.07) is 5.18. The number of anilines is 1. The molecule has 0 unspecified atom stereocenters. The van der Waals surface area contributed by atoms with Crippen molar-refractivity contribution >= 4 is 27.6 Å². The molecule has 2 N–H and O–H groups in total. The molecule has 0 spiro atoms. The second kappa shape index (κ2) is 5.89. The summed E-state index contributed by atoms with van der Waals surface area (Å²) in [6.45, 7) is 5.24. The van der Waals surface area contributed by atoms with E-state index in [1.807, 2.05) is 0 Å². The molecule has 0 radical (unpaired) electrons. The van der Waals surface area contributed by atoms with Crippen molar-refractivity contribution in [2.24, 2.45) is 5.92 Å². The van der Waals surface area contributed by atoms with Gasteiger partial charge in [0.15, 0.2) is 0 Å². The number of carboxylic acids is 1. The Labute approximate surface area is 104 Å². The zero-order chi connectivity index (χ0) is 12.1. The molecule has 0 bridgehead atoms. The van der Waals surface area contributed by atoms with Crippen LogP contribution in [-0.2, 0) is 0 Å². The fourth-order valence-corrected chi connectivity index (χ4v) is 1.85. The molecule has 1 aromatic carbocycles. The molecule has 0 aliphatic rings. The Balaban J connectivity index is 2.63.